The highest BCUT2D eigenvalue weighted by Crippen LogP contribution is 2.16. The van der Waals surface area contributed by atoms with E-state index < -0.39 is 35.7 Å². The molecule has 2 unspecified atom stereocenters. The molecule has 1 aliphatic rings. The van der Waals surface area contributed by atoms with Crippen LogP contribution in [0.4, 0.5) is 0 Å². The molecule has 1 heterocycles. The van der Waals surface area contributed by atoms with Gasteiger partial charge in [-0.3, -0.25) is 34.8 Å². The maximum atomic E-state index is 12.3. The third-order valence-corrected chi connectivity index (χ3v) is 4.64. The summed E-state index contributed by atoms with van der Waals surface area (Å²) >= 11 is 0. The van der Waals surface area contributed by atoms with Gasteiger partial charge in [-0.25, -0.2) is 15.2 Å². The zero-order chi connectivity index (χ0) is 22.8. The summed E-state index contributed by atoms with van der Waals surface area (Å²) in [5.41, 5.74) is 0.603. The first-order valence-electron chi connectivity index (χ1n) is 9.66. The van der Waals surface area contributed by atoms with Gasteiger partial charge in [0.25, 0.3) is 11.8 Å². The molecule has 0 radical (unpaired) electrons. The molecule has 4 amide bonds. The molecule has 1 aliphatic heterocycles. The van der Waals surface area contributed by atoms with Crippen molar-refractivity contribution in [3.8, 4) is 0 Å². The molecule has 0 spiro atoms. The van der Waals surface area contributed by atoms with E-state index in [0.717, 1.165) is 0 Å². The fourth-order valence-corrected chi connectivity index (χ4v) is 2.88. The minimum absolute atomic E-state index is 0.0445. The summed E-state index contributed by atoms with van der Waals surface area (Å²) < 4.78 is 0. The van der Waals surface area contributed by atoms with Crippen LogP contribution in [-0.4, -0.2) is 91.3 Å². The van der Waals surface area contributed by atoms with E-state index >= 15 is 0 Å². The Kier molecular flexibility index (Phi) is 10.4. The van der Waals surface area contributed by atoms with Crippen LogP contribution < -0.4 is 5.32 Å². The van der Waals surface area contributed by atoms with Crippen molar-refractivity contribution in [3.05, 3.63) is 11.6 Å². The van der Waals surface area contributed by atoms with Crippen LogP contribution in [0.3, 0.4) is 0 Å². The molecule has 0 aromatic heterocycles. The van der Waals surface area contributed by atoms with Crippen molar-refractivity contribution < 1.29 is 39.9 Å². The number of nitrogens with zero attached hydrogens (tertiary/aromatic N) is 3. The zero-order valence-electron chi connectivity index (χ0n) is 17.2. The molecule has 1 fully saturated rings. The molecule has 0 aromatic rings. The third-order valence-electron chi connectivity index (χ3n) is 4.64. The van der Waals surface area contributed by atoms with Crippen molar-refractivity contribution in [2.24, 2.45) is 0 Å². The molecule has 0 aliphatic carbocycles. The lowest BCUT2D eigenvalue weighted by molar-refractivity contribution is -0.190. The molecule has 0 bridgehead atoms. The van der Waals surface area contributed by atoms with Gasteiger partial charge in [0, 0.05) is 32.7 Å². The van der Waals surface area contributed by atoms with Crippen molar-refractivity contribution in [3.63, 3.8) is 0 Å². The van der Waals surface area contributed by atoms with Gasteiger partial charge >= 0.3 is 0 Å². The van der Waals surface area contributed by atoms with Crippen LogP contribution in [-0.2, 0) is 19.2 Å². The number of hydroxylamine groups is 6. The molecule has 12 heteroatoms. The Morgan fingerprint density at radius 2 is 1.70 bits per heavy atom. The quantitative estimate of drug-likeness (QED) is 0.164. The molecule has 1 rings (SSSR count). The summed E-state index contributed by atoms with van der Waals surface area (Å²) in [7, 11) is 0. The van der Waals surface area contributed by atoms with Crippen LogP contribution in [0, 0.1) is 0 Å². The fraction of sp³-hybridized carbons (Fsp3) is 0.667. The van der Waals surface area contributed by atoms with E-state index in [-0.39, 0.29) is 45.4 Å². The van der Waals surface area contributed by atoms with Crippen LogP contribution in [0.5, 0.6) is 0 Å². The molecule has 0 saturated carbocycles. The van der Waals surface area contributed by atoms with Crippen LogP contribution in [0.2, 0.25) is 0 Å². The van der Waals surface area contributed by atoms with Crippen LogP contribution in [0.25, 0.3) is 0 Å². The van der Waals surface area contributed by atoms with E-state index in [9.17, 15) is 34.8 Å². The van der Waals surface area contributed by atoms with Crippen molar-refractivity contribution in [2.45, 2.75) is 58.0 Å². The van der Waals surface area contributed by atoms with Crippen molar-refractivity contribution >= 4 is 23.6 Å². The third kappa shape index (κ3) is 7.71. The topological polar surface area (TPSA) is 171 Å². The number of hydrogen-bond acceptors (Lipinski definition) is 8. The van der Waals surface area contributed by atoms with Gasteiger partial charge in [-0.05, 0) is 39.0 Å². The fourth-order valence-electron chi connectivity index (χ4n) is 2.88. The molecule has 30 heavy (non-hydrogen) atoms. The van der Waals surface area contributed by atoms with Gasteiger partial charge in [-0.2, -0.15) is 0 Å². The first-order valence-corrected chi connectivity index (χ1v) is 9.66. The van der Waals surface area contributed by atoms with Gasteiger partial charge in [-0.1, -0.05) is 5.57 Å². The van der Waals surface area contributed by atoms with Crippen molar-refractivity contribution in [1.29, 1.82) is 0 Å². The summed E-state index contributed by atoms with van der Waals surface area (Å²) in [6, 6.07) is -2.13. The number of hydrogen-bond donors (Lipinski definition) is 5. The minimum atomic E-state index is -1.13. The number of piperazine rings is 1. The zero-order valence-corrected chi connectivity index (χ0v) is 17.2. The van der Waals surface area contributed by atoms with E-state index in [4.69, 9.17) is 5.11 Å². The highest BCUT2D eigenvalue weighted by atomic mass is 16.5. The second-order valence-corrected chi connectivity index (χ2v) is 7.11. The Balaban J connectivity index is 2.48. The van der Waals surface area contributed by atoms with E-state index in [2.05, 4.69) is 5.32 Å². The number of amides is 4. The van der Waals surface area contributed by atoms with Crippen LogP contribution in [0.1, 0.15) is 46.0 Å². The lowest BCUT2D eigenvalue weighted by Gasteiger charge is -2.35. The second kappa shape index (κ2) is 12.2. The van der Waals surface area contributed by atoms with Gasteiger partial charge in [0.05, 0.1) is 0 Å². The van der Waals surface area contributed by atoms with Gasteiger partial charge < -0.3 is 10.4 Å². The lowest BCUT2D eigenvalue weighted by Crippen LogP contribution is -2.62. The average molecular weight is 430 g/mol. The molecule has 2 atom stereocenters. The first kappa shape index (κ1) is 25.5. The molecule has 5 N–H and O–H groups in total. The Bertz CT molecular complexity index is 669. The van der Waals surface area contributed by atoms with Crippen molar-refractivity contribution in [1.82, 2.24) is 20.5 Å². The summed E-state index contributed by atoms with van der Waals surface area (Å²) in [6.45, 7) is 2.57. The molecule has 1 saturated heterocycles. The first-order chi connectivity index (χ1) is 14.1. The highest BCUT2D eigenvalue weighted by Gasteiger charge is 2.39. The Labute approximate surface area is 174 Å². The Hall–Kier alpha value is -2.54. The summed E-state index contributed by atoms with van der Waals surface area (Å²) in [4.78, 5) is 47.2. The van der Waals surface area contributed by atoms with Gasteiger partial charge in [0.1, 0.15) is 12.1 Å². The Morgan fingerprint density at radius 3 is 2.30 bits per heavy atom. The number of rotatable bonds is 11. The predicted molar refractivity (Wildman–Crippen MR) is 101 cm³/mol. The summed E-state index contributed by atoms with van der Waals surface area (Å²) in [6.07, 6.45) is 2.01. The number of nitrogens with one attached hydrogen (secondary N) is 1. The summed E-state index contributed by atoms with van der Waals surface area (Å²) in [5, 5.41) is 41.7. The second-order valence-electron chi connectivity index (χ2n) is 7.11. The van der Waals surface area contributed by atoms with Gasteiger partial charge in [0.15, 0.2) is 0 Å². The van der Waals surface area contributed by atoms with E-state index in [1.165, 1.54) is 13.0 Å². The molecular formula is C18H30N4O8. The molecule has 0 aromatic carbocycles. The maximum absolute atomic E-state index is 12.3. The largest absolute Gasteiger partial charge is 0.396 e. The number of carbonyl (C=O) groups is 4. The molecule has 170 valence electrons. The van der Waals surface area contributed by atoms with E-state index in [1.54, 1.807) is 6.92 Å². The SMILES string of the molecule is CC(=O)N(O)CCCC1C(=O)NC(CCCN(O)C(=O)C=C(C)CCO)C(=O)N1O. The predicted octanol–water partition coefficient (Wildman–Crippen LogP) is -0.584. The number of aliphatic hydroxyl groups excluding tert-OH is 1. The standard InChI is InChI=1S/C18H30N4O8/c1-12(7-10-23)11-16(25)21(29)9-3-5-14-18(27)22(30)15(17(26)19-14)6-4-8-20(28)13(2)24/h11,14-15,23,28-30H,3-10H2,1-2H3,(H,19,26). The van der Waals surface area contributed by atoms with Crippen LogP contribution in [0.15, 0.2) is 11.6 Å². The summed E-state index contributed by atoms with van der Waals surface area (Å²) in [5.74, 6) is -2.52. The number of aliphatic hydroxyl groups is 1. The highest BCUT2D eigenvalue weighted by molar-refractivity contribution is 5.96. The maximum Gasteiger partial charge on any atom is 0.269 e. The average Bonchev–Trinajstić information content (AvgIpc) is 2.67. The van der Waals surface area contributed by atoms with Crippen molar-refractivity contribution in [2.75, 3.05) is 19.7 Å². The van der Waals surface area contributed by atoms with Crippen LogP contribution >= 0.6 is 0 Å². The molecule has 12 nitrogen and oxygen atoms in total. The van der Waals surface area contributed by atoms with Gasteiger partial charge in [0.2, 0.25) is 11.8 Å². The van der Waals surface area contributed by atoms with E-state index in [0.29, 0.717) is 27.2 Å². The monoisotopic (exact) mass is 430 g/mol. The minimum Gasteiger partial charge on any atom is -0.396 e. The molecular weight excluding hydrogens is 400 g/mol. The van der Waals surface area contributed by atoms with E-state index in [1.807, 2.05) is 0 Å². The smallest absolute Gasteiger partial charge is 0.269 e. The Morgan fingerprint density at radius 1 is 1.10 bits per heavy atom. The number of carbonyl (C=O) groups excluding carboxylic acids is 4. The normalized spacial score (nSPS) is 19.5. The van der Waals surface area contributed by atoms with Gasteiger partial charge in [-0.15, -0.1) is 0 Å². The lowest BCUT2D eigenvalue weighted by atomic mass is 10.0.